The van der Waals surface area contributed by atoms with Gasteiger partial charge in [0.1, 0.15) is 18.1 Å². The topological polar surface area (TPSA) is 65.4 Å². The molecular formula is C20H20ClN3O3. The maximum absolute atomic E-state index is 12.2. The molecular weight excluding hydrogens is 366 g/mol. The Morgan fingerprint density at radius 2 is 2.00 bits per heavy atom. The van der Waals surface area contributed by atoms with E-state index < -0.39 is 0 Å². The van der Waals surface area contributed by atoms with Crippen molar-refractivity contribution in [2.45, 2.75) is 13.0 Å². The van der Waals surface area contributed by atoms with Gasteiger partial charge in [-0.3, -0.25) is 4.79 Å². The molecule has 1 N–H and O–H groups in total. The van der Waals surface area contributed by atoms with Gasteiger partial charge in [0, 0.05) is 17.4 Å². The fraction of sp³-hybridized carbons (Fsp3) is 0.200. The molecule has 0 saturated heterocycles. The number of anilines is 1. The molecule has 0 saturated carbocycles. The number of halogens is 1. The SMILES string of the molecule is O=C(CCOc1cccc(Cl)c1)Nc1ccccc1OCCn1ccnc1. The Labute approximate surface area is 162 Å². The first-order chi connectivity index (χ1) is 13.2. The van der Waals surface area contributed by atoms with E-state index in [1.165, 1.54) is 0 Å². The third-order valence-electron chi connectivity index (χ3n) is 3.72. The number of carbonyl (C=O) groups excluding carboxylic acids is 1. The first kappa shape index (κ1) is 18.8. The van der Waals surface area contributed by atoms with Crippen molar-refractivity contribution in [3.63, 3.8) is 0 Å². The van der Waals surface area contributed by atoms with Crippen LogP contribution in [-0.2, 0) is 11.3 Å². The summed E-state index contributed by atoms with van der Waals surface area (Å²) in [4.78, 5) is 16.2. The van der Waals surface area contributed by atoms with E-state index in [1.54, 1.807) is 36.8 Å². The van der Waals surface area contributed by atoms with Crippen LogP contribution in [0.2, 0.25) is 5.02 Å². The van der Waals surface area contributed by atoms with Crippen LogP contribution in [0.5, 0.6) is 11.5 Å². The van der Waals surface area contributed by atoms with Crippen molar-refractivity contribution in [3.8, 4) is 11.5 Å². The molecule has 0 spiro atoms. The number of amides is 1. The molecule has 3 aromatic rings. The molecule has 27 heavy (non-hydrogen) atoms. The van der Waals surface area contributed by atoms with Crippen LogP contribution in [-0.4, -0.2) is 28.7 Å². The van der Waals surface area contributed by atoms with E-state index >= 15 is 0 Å². The Hall–Kier alpha value is -2.99. The Morgan fingerprint density at radius 3 is 2.81 bits per heavy atom. The van der Waals surface area contributed by atoms with Gasteiger partial charge in [-0.05, 0) is 30.3 Å². The number of hydrogen-bond acceptors (Lipinski definition) is 4. The van der Waals surface area contributed by atoms with E-state index in [1.807, 2.05) is 35.0 Å². The first-order valence-electron chi connectivity index (χ1n) is 8.56. The van der Waals surface area contributed by atoms with Crippen LogP contribution in [0.15, 0.2) is 67.3 Å². The van der Waals surface area contributed by atoms with Crippen molar-refractivity contribution in [1.82, 2.24) is 9.55 Å². The summed E-state index contributed by atoms with van der Waals surface area (Å²) in [6.45, 7) is 1.41. The highest BCUT2D eigenvalue weighted by Gasteiger charge is 2.08. The van der Waals surface area contributed by atoms with Crippen LogP contribution in [0.3, 0.4) is 0 Å². The number of carbonyl (C=O) groups is 1. The molecule has 3 rings (SSSR count). The lowest BCUT2D eigenvalue weighted by molar-refractivity contribution is -0.116. The third-order valence-corrected chi connectivity index (χ3v) is 3.96. The lowest BCUT2D eigenvalue weighted by Gasteiger charge is -2.13. The molecule has 0 atom stereocenters. The van der Waals surface area contributed by atoms with Gasteiger partial charge in [0.15, 0.2) is 0 Å². The average molecular weight is 386 g/mol. The first-order valence-corrected chi connectivity index (χ1v) is 8.94. The zero-order valence-corrected chi connectivity index (χ0v) is 15.4. The Kier molecular flexibility index (Phi) is 6.71. The molecule has 0 aliphatic rings. The summed E-state index contributed by atoms with van der Waals surface area (Å²) in [5, 5.41) is 3.46. The molecule has 6 nitrogen and oxygen atoms in total. The Bertz CT molecular complexity index is 868. The van der Waals surface area contributed by atoms with Gasteiger partial charge in [-0.15, -0.1) is 0 Å². The molecule has 1 amide bonds. The lowest BCUT2D eigenvalue weighted by atomic mass is 10.3. The second-order valence-corrected chi connectivity index (χ2v) is 6.19. The number of hydrogen-bond donors (Lipinski definition) is 1. The van der Waals surface area contributed by atoms with Crippen molar-refractivity contribution in [2.75, 3.05) is 18.5 Å². The summed E-state index contributed by atoms with van der Waals surface area (Å²) in [5.41, 5.74) is 0.635. The van der Waals surface area contributed by atoms with Crippen LogP contribution in [0.25, 0.3) is 0 Å². The normalized spacial score (nSPS) is 10.4. The Balaban J connectivity index is 1.47. The number of aromatic nitrogens is 2. The highest BCUT2D eigenvalue weighted by atomic mass is 35.5. The molecule has 0 unspecified atom stereocenters. The maximum Gasteiger partial charge on any atom is 0.227 e. The van der Waals surface area contributed by atoms with Crippen LogP contribution in [0, 0.1) is 0 Å². The summed E-state index contributed by atoms with van der Waals surface area (Å²) >= 11 is 5.91. The minimum atomic E-state index is -0.150. The van der Waals surface area contributed by atoms with E-state index in [0.29, 0.717) is 35.4 Å². The van der Waals surface area contributed by atoms with Crippen LogP contribution < -0.4 is 14.8 Å². The van der Waals surface area contributed by atoms with Gasteiger partial charge in [0.05, 0.1) is 31.6 Å². The number of imidazole rings is 1. The van der Waals surface area contributed by atoms with Crippen molar-refractivity contribution in [1.29, 1.82) is 0 Å². The fourth-order valence-corrected chi connectivity index (χ4v) is 2.59. The second-order valence-electron chi connectivity index (χ2n) is 5.75. The molecule has 1 heterocycles. The number of rotatable bonds is 9. The largest absolute Gasteiger partial charge is 0.493 e. The molecule has 1 aromatic heterocycles. The molecule has 140 valence electrons. The number of para-hydroxylation sites is 2. The van der Waals surface area contributed by atoms with Crippen LogP contribution in [0.1, 0.15) is 6.42 Å². The average Bonchev–Trinajstić information content (AvgIpc) is 3.17. The van der Waals surface area contributed by atoms with Crippen molar-refractivity contribution >= 4 is 23.2 Å². The number of nitrogens with one attached hydrogen (secondary N) is 1. The quantitative estimate of drug-likeness (QED) is 0.604. The Morgan fingerprint density at radius 1 is 1.11 bits per heavy atom. The van der Waals surface area contributed by atoms with Gasteiger partial charge in [-0.1, -0.05) is 29.8 Å². The summed E-state index contributed by atoms with van der Waals surface area (Å²) in [5.74, 6) is 1.11. The van der Waals surface area contributed by atoms with E-state index in [9.17, 15) is 4.79 Å². The fourth-order valence-electron chi connectivity index (χ4n) is 2.41. The lowest BCUT2D eigenvalue weighted by Crippen LogP contribution is -2.16. The van der Waals surface area contributed by atoms with E-state index in [-0.39, 0.29) is 18.9 Å². The monoisotopic (exact) mass is 385 g/mol. The molecule has 0 fully saturated rings. The maximum atomic E-state index is 12.2. The van der Waals surface area contributed by atoms with Crippen LogP contribution >= 0.6 is 11.6 Å². The van der Waals surface area contributed by atoms with Crippen molar-refractivity contribution in [2.24, 2.45) is 0 Å². The molecule has 2 aromatic carbocycles. The number of nitrogens with zero attached hydrogens (tertiary/aromatic N) is 2. The molecule has 0 aliphatic carbocycles. The molecule has 7 heteroatoms. The van der Waals surface area contributed by atoms with E-state index in [4.69, 9.17) is 21.1 Å². The van der Waals surface area contributed by atoms with Crippen molar-refractivity contribution in [3.05, 3.63) is 72.3 Å². The summed E-state index contributed by atoms with van der Waals surface area (Å²) in [6.07, 6.45) is 5.55. The highest BCUT2D eigenvalue weighted by molar-refractivity contribution is 6.30. The smallest absolute Gasteiger partial charge is 0.227 e. The second kappa shape index (κ2) is 9.64. The highest BCUT2D eigenvalue weighted by Crippen LogP contribution is 2.24. The molecule has 0 radical (unpaired) electrons. The van der Waals surface area contributed by atoms with Gasteiger partial charge >= 0.3 is 0 Å². The zero-order chi connectivity index (χ0) is 18.9. The van der Waals surface area contributed by atoms with E-state index in [0.717, 1.165) is 0 Å². The summed E-state index contributed by atoms with van der Waals surface area (Å²) in [6, 6.07) is 14.4. The predicted octanol–water partition coefficient (Wildman–Crippen LogP) is 4.02. The third kappa shape index (κ3) is 6.04. The summed E-state index contributed by atoms with van der Waals surface area (Å²) in [7, 11) is 0. The zero-order valence-electron chi connectivity index (χ0n) is 14.7. The van der Waals surface area contributed by atoms with Crippen molar-refractivity contribution < 1.29 is 14.3 Å². The standard InChI is InChI=1S/C20H20ClN3O3/c21-16-4-3-5-17(14-16)26-12-8-20(25)23-18-6-1-2-7-19(18)27-13-11-24-10-9-22-15-24/h1-7,9-10,14-15H,8,11-13H2,(H,23,25). The minimum Gasteiger partial charge on any atom is -0.493 e. The van der Waals surface area contributed by atoms with Gasteiger partial charge in [0.25, 0.3) is 0 Å². The number of ether oxygens (including phenoxy) is 2. The summed E-state index contributed by atoms with van der Waals surface area (Å²) < 4.78 is 13.3. The molecule has 0 aliphatic heterocycles. The number of benzene rings is 2. The predicted molar refractivity (Wildman–Crippen MR) is 104 cm³/mol. The van der Waals surface area contributed by atoms with Gasteiger partial charge in [-0.2, -0.15) is 0 Å². The minimum absolute atomic E-state index is 0.150. The van der Waals surface area contributed by atoms with Gasteiger partial charge in [-0.25, -0.2) is 4.98 Å². The van der Waals surface area contributed by atoms with Gasteiger partial charge < -0.3 is 19.4 Å². The van der Waals surface area contributed by atoms with Crippen LogP contribution in [0.4, 0.5) is 5.69 Å². The van der Waals surface area contributed by atoms with Gasteiger partial charge in [0.2, 0.25) is 5.91 Å². The molecule has 0 bridgehead atoms. The van der Waals surface area contributed by atoms with E-state index in [2.05, 4.69) is 10.3 Å².